The molecule has 1 fully saturated rings. The number of nitrogens with one attached hydrogen (secondary N) is 1. The van der Waals surface area contributed by atoms with Crippen LogP contribution in [0.1, 0.15) is 27.2 Å². The lowest BCUT2D eigenvalue weighted by Gasteiger charge is -2.18. The van der Waals surface area contributed by atoms with Crippen molar-refractivity contribution >= 4 is 17.9 Å². The summed E-state index contributed by atoms with van der Waals surface area (Å²) in [5, 5.41) is 2.57. The summed E-state index contributed by atoms with van der Waals surface area (Å²) in [6.45, 7) is 5.03. The third kappa shape index (κ3) is 2.88. The maximum atomic E-state index is 12.0. The molecule has 6 heteroatoms. The fraction of sp³-hybridized carbons (Fsp3) is 0.583. The summed E-state index contributed by atoms with van der Waals surface area (Å²) in [6.07, 6.45) is 3.89. The van der Waals surface area contributed by atoms with E-state index in [-0.39, 0.29) is 13.2 Å². The van der Waals surface area contributed by atoms with Crippen LogP contribution in [-0.4, -0.2) is 41.5 Å². The van der Waals surface area contributed by atoms with Gasteiger partial charge in [0.15, 0.2) is 0 Å². The number of carbonyl (C=O) groups excluding carboxylic acids is 3. The lowest BCUT2D eigenvalue weighted by atomic mass is 9.99. The number of carbonyl (C=O) groups is 3. The van der Waals surface area contributed by atoms with Crippen molar-refractivity contribution in [2.75, 3.05) is 13.2 Å². The van der Waals surface area contributed by atoms with E-state index in [0.29, 0.717) is 6.42 Å². The Kier molecular flexibility index (Phi) is 4.47. The van der Waals surface area contributed by atoms with E-state index < -0.39 is 23.4 Å². The number of hydrogen-bond acceptors (Lipinski definition) is 4. The predicted molar refractivity (Wildman–Crippen MR) is 64.7 cm³/mol. The first-order valence-corrected chi connectivity index (χ1v) is 5.85. The fourth-order valence-electron chi connectivity index (χ4n) is 1.54. The molecule has 1 aliphatic rings. The van der Waals surface area contributed by atoms with E-state index in [1.807, 2.05) is 0 Å². The minimum absolute atomic E-state index is 0.143. The van der Waals surface area contributed by atoms with E-state index >= 15 is 0 Å². The molecular formula is C12H18N2O4. The molecule has 0 aromatic heterocycles. The van der Waals surface area contributed by atoms with Gasteiger partial charge in [-0.2, -0.15) is 0 Å². The SMILES string of the molecule is C/C=C/COC(=O)CN1C(=O)NC(C)(CC)C1=O. The van der Waals surface area contributed by atoms with Gasteiger partial charge in [-0.05, 0) is 20.3 Å². The van der Waals surface area contributed by atoms with Gasteiger partial charge in [-0.3, -0.25) is 14.5 Å². The van der Waals surface area contributed by atoms with Gasteiger partial charge in [-0.15, -0.1) is 0 Å². The highest BCUT2D eigenvalue weighted by molar-refractivity contribution is 6.08. The summed E-state index contributed by atoms with van der Waals surface area (Å²) < 4.78 is 4.84. The van der Waals surface area contributed by atoms with E-state index in [2.05, 4.69) is 5.32 Å². The molecule has 1 N–H and O–H groups in total. The summed E-state index contributed by atoms with van der Waals surface area (Å²) in [5.41, 5.74) is -0.916. The van der Waals surface area contributed by atoms with Crippen LogP contribution >= 0.6 is 0 Å². The first-order valence-electron chi connectivity index (χ1n) is 5.85. The monoisotopic (exact) mass is 254 g/mol. The number of esters is 1. The normalized spacial score (nSPS) is 23.6. The zero-order valence-corrected chi connectivity index (χ0v) is 10.9. The van der Waals surface area contributed by atoms with E-state index in [9.17, 15) is 14.4 Å². The zero-order chi connectivity index (χ0) is 13.8. The van der Waals surface area contributed by atoms with Crippen LogP contribution in [0.25, 0.3) is 0 Å². The second kappa shape index (κ2) is 5.66. The largest absolute Gasteiger partial charge is 0.460 e. The van der Waals surface area contributed by atoms with Crippen molar-refractivity contribution in [3.8, 4) is 0 Å². The Morgan fingerprint density at radius 1 is 1.50 bits per heavy atom. The minimum atomic E-state index is -0.916. The van der Waals surface area contributed by atoms with E-state index in [1.165, 1.54) is 0 Å². The van der Waals surface area contributed by atoms with Crippen LogP contribution in [0.5, 0.6) is 0 Å². The average molecular weight is 254 g/mol. The lowest BCUT2D eigenvalue weighted by Crippen LogP contribution is -2.43. The molecule has 0 radical (unpaired) electrons. The van der Waals surface area contributed by atoms with Gasteiger partial charge < -0.3 is 10.1 Å². The molecule has 3 amide bonds. The molecule has 100 valence electrons. The first kappa shape index (κ1) is 14.2. The summed E-state index contributed by atoms with van der Waals surface area (Å²) in [7, 11) is 0. The molecule has 1 rings (SSSR count). The molecule has 0 saturated carbocycles. The molecule has 0 bridgehead atoms. The van der Waals surface area contributed by atoms with Gasteiger partial charge in [0.25, 0.3) is 5.91 Å². The van der Waals surface area contributed by atoms with E-state index in [4.69, 9.17) is 4.74 Å². The van der Waals surface area contributed by atoms with Crippen LogP contribution in [0.15, 0.2) is 12.2 Å². The summed E-state index contributed by atoms with van der Waals surface area (Å²) >= 11 is 0. The second-order valence-electron chi connectivity index (χ2n) is 4.26. The quantitative estimate of drug-likeness (QED) is 0.448. The summed E-state index contributed by atoms with van der Waals surface area (Å²) in [4.78, 5) is 35.9. The Morgan fingerprint density at radius 3 is 2.67 bits per heavy atom. The summed E-state index contributed by atoms with van der Waals surface area (Å²) in [6, 6.07) is -0.549. The number of allylic oxidation sites excluding steroid dienone is 1. The second-order valence-corrected chi connectivity index (χ2v) is 4.26. The van der Waals surface area contributed by atoms with Crippen molar-refractivity contribution in [1.82, 2.24) is 10.2 Å². The van der Waals surface area contributed by atoms with Gasteiger partial charge in [0.05, 0.1) is 0 Å². The Morgan fingerprint density at radius 2 is 2.17 bits per heavy atom. The Balaban J connectivity index is 2.60. The van der Waals surface area contributed by atoms with Crippen LogP contribution < -0.4 is 5.32 Å². The molecular weight excluding hydrogens is 236 g/mol. The maximum absolute atomic E-state index is 12.0. The third-order valence-electron chi connectivity index (χ3n) is 2.92. The van der Waals surface area contributed by atoms with Crippen molar-refractivity contribution in [1.29, 1.82) is 0 Å². The van der Waals surface area contributed by atoms with E-state index in [0.717, 1.165) is 4.90 Å². The van der Waals surface area contributed by atoms with Crippen LogP contribution in [0.3, 0.4) is 0 Å². The molecule has 0 aromatic rings. The number of rotatable bonds is 5. The van der Waals surface area contributed by atoms with Gasteiger partial charge in [-0.25, -0.2) is 4.79 Å². The summed E-state index contributed by atoms with van der Waals surface area (Å²) in [5.74, 6) is -0.991. The maximum Gasteiger partial charge on any atom is 0.326 e. The van der Waals surface area contributed by atoms with Crippen LogP contribution in [0, 0.1) is 0 Å². The van der Waals surface area contributed by atoms with Crippen LogP contribution in [0.4, 0.5) is 4.79 Å². The predicted octanol–water partition coefficient (Wildman–Crippen LogP) is 0.826. The number of amides is 3. The molecule has 0 aromatic carbocycles. The van der Waals surface area contributed by atoms with Gasteiger partial charge in [0.1, 0.15) is 18.7 Å². The molecule has 6 nitrogen and oxygen atoms in total. The first-order chi connectivity index (χ1) is 8.44. The van der Waals surface area contributed by atoms with Gasteiger partial charge in [0.2, 0.25) is 0 Å². The third-order valence-corrected chi connectivity index (χ3v) is 2.92. The highest BCUT2D eigenvalue weighted by Crippen LogP contribution is 2.20. The fourth-order valence-corrected chi connectivity index (χ4v) is 1.54. The molecule has 0 spiro atoms. The zero-order valence-electron chi connectivity index (χ0n) is 10.9. The molecule has 1 unspecified atom stereocenters. The molecule has 0 aliphatic carbocycles. The Bertz CT molecular complexity index is 392. The number of imide groups is 1. The van der Waals surface area contributed by atoms with Crippen molar-refractivity contribution in [3.63, 3.8) is 0 Å². The van der Waals surface area contributed by atoms with Crippen molar-refractivity contribution < 1.29 is 19.1 Å². The Labute approximate surface area is 106 Å². The van der Waals surface area contributed by atoms with Crippen LogP contribution in [-0.2, 0) is 14.3 Å². The number of nitrogens with zero attached hydrogens (tertiary/aromatic N) is 1. The van der Waals surface area contributed by atoms with Crippen molar-refractivity contribution in [2.45, 2.75) is 32.7 Å². The minimum Gasteiger partial charge on any atom is -0.460 e. The standard InChI is InChI=1S/C12H18N2O4/c1-4-6-7-18-9(15)8-14-10(16)12(3,5-2)13-11(14)17/h4,6H,5,7-8H2,1-3H3,(H,13,17)/b6-4+. The number of hydrogen-bond donors (Lipinski definition) is 1. The van der Waals surface area contributed by atoms with Gasteiger partial charge >= 0.3 is 12.0 Å². The molecule has 1 atom stereocenters. The molecule has 1 aliphatic heterocycles. The van der Waals surface area contributed by atoms with Gasteiger partial charge in [0, 0.05) is 0 Å². The topological polar surface area (TPSA) is 75.7 Å². The highest BCUT2D eigenvalue weighted by atomic mass is 16.5. The molecule has 1 saturated heterocycles. The van der Waals surface area contributed by atoms with E-state index in [1.54, 1.807) is 32.9 Å². The Hall–Kier alpha value is -1.85. The number of ether oxygens (including phenoxy) is 1. The average Bonchev–Trinajstić information content (AvgIpc) is 2.54. The smallest absolute Gasteiger partial charge is 0.326 e. The van der Waals surface area contributed by atoms with Crippen molar-refractivity contribution in [3.05, 3.63) is 12.2 Å². The van der Waals surface area contributed by atoms with Gasteiger partial charge in [-0.1, -0.05) is 19.1 Å². The number of urea groups is 1. The lowest BCUT2D eigenvalue weighted by molar-refractivity contribution is -0.146. The van der Waals surface area contributed by atoms with Crippen molar-refractivity contribution in [2.24, 2.45) is 0 Å². The molecule has 1 heterocycles. The van der Waals surface area contributed by atoms with Crippen LogP contribution in [0.2, 0.25) is 0 Å². The molecule has 18 heavy (non-hydrogen) atoms. The highest BCUT2D eigenvalue weighted by Gasteiger charge is 2.47.